The van der Waals surface area contributed by atoms with Gasteiger partial charge in [-0.3, -0.25) is 4.90 Å². The van der Waals surface area contributed by atoms with Gasteiger partial charge in [-0.15, -0.1) is 0 Å². The standard InChI is InChI=1S/C15H23NO3/c1-17-11-13-4-2-6-15(13)12-16(7-9-19-15)10-14-5-3-8-18-14/h3,5,8,13H,2,4,6-7,9-12H2,1H3/t13-,15-/m0/s1. The van der Waals surface area contributed by atoms with E-state index in [4.69, 9.17) is 13.9 Å². The second kappa shape index (κ2) is 5.65. The number of morpholine rings is 1. The average Bonchev–Trinajstić information content (AvgIpc) is 3.02. The molecule has 1 saturated carbocycles. The first kappa shape index (κ1) is 13.2. The van der Waals surface area contributed by atoms with E-state index in [2.05, 4.69) is 4.90 Å². The molecule has 0 bridgehead atoms. The molecule has 2 aliphatic rings. The van der Waals surface area contributed by atoms with E-state index < -0.39 is 0 Å². The summed E-state index contributed by atoms with van der Waals surface area (Å²) in [7, 11) is 1.79. The van der Waals surface area contributed by atoms with E-state index in [-0.39, 0.29) is 5.60 Å². The first-order chi connectivity index (χ1) is 9.32. The fourth-order valence-corrected chi connectivity index (χ4v) is 3.59. The summed E-state index contributed by atoms with van der Waals surface area (Å²) in [5.74, 6) is 1.58. The quantitative estimate of drug-likeness (QED) is 0.836. The predicted molar refractivity (Wildman–Crippen MR) is 71.9 cm³/mol. The number of ether oxygens (including phenoxy) is 2. The Labute approximate surface area is 114 Å². The number of hydrogen-bond acceptors (Lipinski definition) is 4. The summed E-state index contributed by atoms with van der Waals surface area (Å²) in [6, 6.07) is 4.00. The van der Waals surface area contributed by atoms with Gasteiger partial charge in [0.1, 0.15) is 5.76 Å². The minimum Gasteiger partial charge on any atom is -0.468 e. The summed E-state index contributed by atoms with van der Waals surface area (Å²) in [5, 5.41) is 0. The summed E-state index contributed by atoms with van der Waals surface area (Å²) in [5.41, 5.74) is 0.0147. The van der Waals surface area contributed by atoms with Crippen molar-refractivity contribution in [3.8, 4) is 0 Å². The van der Waals surface area contributed by atoms with E-state index >= 15 is 0 Å². The van der Waals surface area contributed by atoms with E-state index in [1.54, 1.807) is 13.4 Å². The van der Waals surface area contributed by atoms with Gasteiger partial charge in [-0.2, -0.15) is 0 Å². The number of nitrogens with zero attached hydrogens (tertiary/aromatic N) is 1. The van der Waals surface area contributed by atoms with Crippen molar-refractivity contribution in [2.75, 3.05) is 33.4 Å². The van der Waals surface area contributed by atoms with Gasteiger partial charge in [0.05, 0.1) is 31.6 Å². The van der Waals surface area contributed by atoms with Crippen LogP contribution in [0.4, 0.5) is 0 Å². The van der Waals surface area contributed by atoms with Crippen molar-refractivity contribution in [2.45, 2.75) is 31.4 Å². The highest BCUT2D eigenvalue weighted by molar-refractivity contribution is 5.02. The molecule has 0 N–H and O–H groups in total. The molecule has 0 amide bonds. The van der Waals surface area contributed by atoms with Crippen LogP contribution in [0, 0.1) is 5.92 Å². The lowest BCUT2D eigenvalue weighted by Crippen LogP contribution is -2.54. The maximum absolute atomic E-state index is 6.19. The van der Waals surface area contributed by atoms with Gasteiger partial charge in [-0.25, -0.2) is 0 Å². The Bertz CT molecular complexity index is 392. The first-order valence-electron chi connectivity index (χ1n) is 7.20. The third-order valence-corrected chi connectivity index (χ3v) is 4.51. The lowest BCUT2D eigenvalue weighted by atomic mass is 9.89. The molecule has 1 aliphatic carbocycles. The van der Waals surface area contributed by atoms with Crippen molar-refractivity contribution in [1.29, 1.82) is 0 Å². The molecule has 2 atom stereocenters. The molecular formula is C15H23NO3. The highest BCUT2D eigenvalue weighted by Crippen LogP contribution is 2.41. The molecule has 106 valence electrons. The summed E-state index contributed by atoms with van der Waals surface area (Å²) in [6.45, 7) is 4.51. The van der Waals surface area contributed by atoms with Gasteiger partial charge >= 0.3 is 0 Å². The molecular weight excluding hydrogens is 242 g/mol. The minimum absolute atomic E-state index is 0.0147. The van der Waals surface area contributed by atoms with Gasteiger partial charge in [0, 0.05) is 26.1 Å². The zero-order chi connectivity index (χ0) is 13.1. The molecule has 2 fully saturated rings. The van der Waals surface area contributed by atoms with Crippen LogP contribution in [-0.2, 0) is 16.0 Å². The lowest BCUT2D eigenvalue weighted by molar-refractivity contribution is -0.141. The molecule has 0 radical (unpaired) electrons. The Balaban J connectivity index is 1.66. The molecule has 4 heteroatoms. The smallest absolute Gasteiger partial charge is 0.117 e. The zero-order valence-electron chi connectivity index (χ0n) is 11.6. The third kappa shape index (κ3) is 2.71. The molecule has 0 aromatic carbocycles. The van der Waals surface area contributed by atoms with Crippen molar-refractivity contribution in [2.24, 2.45) is 5.92 Å². The molecule has 1 spiro atoms. The van der Waals surface area contributed by atoms with Crippen molar-refractivity contribution in [1.82, 2.24) is 4.90 Å². The highest BCUT2D eigenvalue weighted by Gasteiger charge is 2.46. The normalized spacial score (nSPS) is 32.2. The van der Waals surface area contributed by atoms with E-state index in [0.717, 1.165) is 45.0 Å². The van der Waals surface area contributed by atoms with Crippen molar-refractivity contribution in [3.05, 3.63) is 24.2 Å². The maximum atomic E-state index is 6.19. The van der Waals surface area contributed by atoms with Crippen LogP contribution in [0.15, 0.2) is 22.8 Å². The summed E-state index contributed by atoms with van der Waals surface area (Å²) in [6.07, 6.45) is 5.38. The molecule has 19 heavy (non-hydrogen) atoms. The molecule has 4 nitrogen and oxygen atoms in total. The fraction of sp³-hybridized carbons (Fsp3) is 0.733. The van der Waals surface area contributed by atoms with Crippen LogP contribution in [0.2, 0.25) is 0 Å². The Morgan fingerprint density at radius 2 is 2.47 bits per heavy atom. The van der Waals surface area contributed by atoms with Crippen LogP contribution < -0.4 is 0 Å². The van der Waals surface area contributed by atoms with Gasteiger partial charge in [-0.1, -0.05) is 6.42 Å². The van der Waals surface area contributed by atoms with Crippen LogP contribution in [-0.4, -0.2) is 43.9 Å². The third-order valence-electron chi connectivity index (χ3n) is 4.51. The average molecular weight is 265 g/mol. The summed E-state index contributed by atoms with van der Waals surface area (Å²) in [4.78, 5) is 2.45. The monoisotopic (exact) mass is 265 g/mol. The maximum Gasteiger partial charge on any atom is 0.117 e. The van der Waals surface area contributed by atoms with Crippen molar-refractivity contribution in [3.63, 3.8) is 0 Å². The second-order valence-electron chi connectivity index (χ2n) is 5.75. The SMILES string of the molecule is COC[C@@H]1CCC[C@]12CN(Cc1ccco1)CCO2. The Morgan fingerprint density at radius 1 is 1.53 bits per heavy atom. The molecule has 1 aromatic heterocycles. The van der Waals surface area contributed by atoms with E-state index in [1.165, 1.54) is 12.8 Å². The number of hydrogen-bond donors (Lipinski definition) is 0. The topological polar surface area (TPSA) is 34.8 Å². The van der Waals surface area contributed by atoms with Crippen LogP contribution in [0.1, 0.15) is 25.0 Å². The highest BCUT2D eigenvalue weighted by atomic mass is 16.5. The Kier molecular flexibility index (Phi) is 3.91. The van der Waals surface area contributed by atoms with Crippen LogP contribution in [0.5, 0.6) is 0 Å². The van der Waals surface area contributed by atoms with Gasteiger partial charge in [0.25, 0.3) is 0 Å². The lowest BCUT2D eigenvalue weighted by Gasteiger charge is -2.43. The van der Waals surface area contributed by atoms with Gasteiger partial charge in [-0.05, 0) is 25.0 Å². The van der Waals surface area contributed by atoms with E-state index in [9.17, 15) is 0 Å². The molecule has 1 aromatic rings. The molecule has 0 unspecified atom stereocenters. The number of methoxy groups -OCH3 is 1. The summed E-state index contributed by atoms with van der Waals surface area (Å²) >= 11 is 0. The van der Waals surface area contributed by atoms with E-state index in [1.807, 2.05) is 12.1 Å². The zero-order valence-corrected chi connectivity index (χ0v) is 11.6. The van der Waals surface area contributed by atoms with Crippen molar-refractivity contribution >= 4 is 0 Å². The Hall–Kier alpha value is -0.840. The number of rotatable bonds is 4. The van der Waals surface area contributed by atoms with Gasteiger partial charge < -0.3 is 13.9 Å². The molecule has 2 heterocycles. The number of furan rings is 1. The van der Waals surface area contributed by atoms with Gasteiger partial charge in [0.15, 0.2) is 0 Å². The minimum atomic E-state index is 0.0147. The molecule has 1 aliphatic heterocycles. The van der Waals surface area contributed by atoms with Gasteiger partial charge in [0.2, 0.25) is 0 Å². The van der Waals surface area contributed by atoms with Crippen LogP contribution in [0.25, 0.3) is 0 Å². The predicted octanol–water partition coefficient (Wildman–Crippen LogP) is 2.30. The Morgan fingerprint density at radius 3 is 3.26 bits per heavy atom. The summed E-state index contributed by atoms with van der Waals surface area (Å²) < 4.78 is 17.0. The van der Waals surface area contributed by atoms with Crippen LogP contribution >= 0.6 is 0 Å². The molecule has 1 saturated heterocycles. The van der Waals surface area contributed by atoms with Crippen LogP contribution in [0.3, 0.4) is 0 Å². The largest absolute Gasteiger partial charge is 0.468 e. The second-order valence-corrected chi connectivity index (χ2v) is 5.75. The first-order valence-corrected chi connectivity index (χ1v) is 7.20. The van der Waals surface area contributed by atoms with Crippen molar-refractivity contribution < 1.29 is 13.9 Å². The molecule has 3 rings (SSSR count). The van der Waals surface area contributed by atoms with E-state index in [0.29, 0.717) is 5.92 Å². The fourth-order valence-electron chi connectivity index (χ4n) is 3.59.